The van der Waals surface area contributed by atoms with Gasteiger partial charge in [-0.3, -0.25) is 14.4 Å². The Morgan fingerprint density at radius 1 is 0.816 bits per heavy atom. The molecule has 0 atom stereocenters. The minimum absolute atomic E-state index is 0.159. The summed E-state index contributed by atoms with van der Waals surface area (Å²) in [7, 11) is 1.47. The Hall–Kier alpha value is -3.50. The summed E-state index contributed by atoms with van der Waals surface area (Å²) in [5, 5.41) is 12.4. The number of halogens is 4. The monoisotopic (exact) mass is 596 g/mol. The van der Waals surface area contributed by atoms with Crippen LogP contribution in [-0.2, 0) is 19.2 Å². The average molecular weight is 598 g/mol. The van der Waals surface area contributed by atoms with Crippen molar-refractivity contribution in [3.63, 3.8) is 0 Å². The molecule has 13 heteroatoms. The molecule has 0 saturated heterocycles. The van der Waals surface area contributed by atoms with Gasteiger partial charge >= 0.3 is 0 Å². The van der Waals surface area contributed by atoms with Gasteiger partial charge in [0.15, 0.2) is 12.5 Å². The molecular formula is C25H20Cl4N4O5. The van der Waals surface area contributed by atoms with Crippen LogP contribution in [0.1, 0.15) is 0 Å². The number of amides is 3. The summed E-state index contributed by atoms with van der Waals surface area (Å²) in [4.78, 5) is 43.3. The highest BCUT2D eigenvalue weighted by molar-refractivity contribution is 6.38. The van der Waals surface area contributed by atoms with Gasteiger partial charge in [-0.1, -0.05) is 63.7 Å². The predicted octanol–water partition coefficient (Wildman–Crippen LogP) is 6.14. The second-order valence-corrected chi connectivity index (χ2v) is 9.17. The summed E-state index contributed by atoms with van der Waals surface area (Å²) in [5.41, 5.74) is 0.867. The highest BCUT2D eigenvalue weighted by atomic mass is 35.5. The molecule has 9 nitrogen and oxygen atoms in total. The van der Waals surface area contributed by atoms with E-state index in [1.165, 1.54) is 43.5 Å². The van der Waals surface area contributed by atoms with Crippen molar-refractivity contribution >= 4 is 87.4 Å². The van der Waals surface area contributed by atoms with Gasteiger partial charge in [0.25, 0.3) is 5.91 Å². The van der Waals surface area contributed by atoms with Crippen molar-refractivity contribution in [2.75, 3.05) is 29.7 Å². The summed E-state index contributed by atoms with van der Waals surface area (Å²) in [5.74, 6) is -3.17. The molecule has 3 N–H and O–H groups in total. The molecule has 0 unspecified atom stereocenters. The fourth-order valence-corrected chi connectivity index (χ4v) is 3.90. The fraction of sp³-hybridized carbons (Fsp3) is 0.120. The molecule has 198 valence electrons. The third-order valence-corrected chi connectivity index (χ3v) is 5.90. The van der Waals surface area contributed by atoms with Gasteiger partial charge < -0.3 is 25.5 Å². The normalized spacial score (nSPS) is 10.8. The predicted molar refractivity (Wildman–Crippen MR) is 150 cm³/mol. The maximum absolute atomic E-state index is 13.0. The first-order chi connectivity index (χ1) is 18.2. The van der Waals surface area contributed by atoms with Crippen molar-refractivity contribution in [3.05, 3.63) is 80.8 Å². The molecule has 0 radical (unpaired) electrons. The van der Waals surface area contributed by atoms with Crippen LogP contribution >= 0.6 is 46.4 Å². The standard InChI is InChI=1S/C25H20Cl4N4O5/c1-37-22-5-3-2-4-21(22)31-23(34)13-38-30-12-16(24(35)32-19-8-6-14(26)10-17(19)28)25(36)33-20-9-7-15(27)11-18(20)29/h2-12,16H,13H2,1H3,(H,31,34)(H,32,35)(H,33,36). The van der Waals surface area contributed by atoms with Crippen molar-refractivity contribution in [1.82, 2.24) is 0 Å². The molecule has 0 heterocycles. The number of carbonyl (C=O) groups excluding carboxylic acids is 3. The molecule has 38 heavy (non-hydrogen) atoms. The number of benzene rings is 3. The minimum atomic E-state index is -1.51. The van der Waals surface area contributed by atoms with E-state index in [2.05, 4.69) is 21.1 Å². The van der Waals surface area contributed by atoms with E-state index < -0.39 is 30.2 Å². The molecule has 0 aliphatic heterocycles. The van der Waals surface area contributed by atoms with E-state index in [0.717, 1.165) is 6.21 Å². The highest BCUT2D eigenvalue weighted by Gasteiger charge is 2.27. The molecule has 3 amide bonds. The first kappa shape index (κ1) is 29.1. The molecule has 3 aromatic carbocycles. The summed E-state index contributed by atoms with van der Waals surface area (Å²) >= 11 is 24.1. The van der Waals surface area contributed by atoms with Crippen LogP contribution < -0.4 is 20.7 Å². The number of hydrogen-bond donors (Lipinski definition) is 3. The van der Waals surface area contributed by atoms with Gasteiger partial charge in [0.2, 0.25) is 11.8 Å². The Morgan fingerprint density at radius 2 is 1.37 bits per heavy atom. The SMILES string of the molecule is COc1ccccc1NC(=O)CON=CC(C(=O)Nc1ccc(Cl)cc1Cl)C(=O)Nc1ccc(Cl)cc1Cl. The number of methoxy groups -OCH3 is 1. The number of hydrogen-bond acceptors (Lipinski definition) is 6. The zero-order valence-electron chi connectivity index (χ0n) is 19.6. The van der Waals surface area contributed by atoms with E-state index in [0.29, 0.717) is 21.5 Å². The first-order valence-corrected chi connectivity index (χ1v) is 12.3. The van der Waals surface area contributed by atoms with Gasteiger partial charge in [0.05, 0.1) is 40.4 Å². The third-order valence-electron chi connectivity index (χ3n) is 4.80. The van der Waals surface area contributed by atoms with Crippen molar-refractivity contribution < 1.29 is 24.0 Å². The van der Waals surface area contributed by atoms with Gasteiger partial charge in [-0.25, -0.2) is 0 Å². The second kappa shape index (κ2) is 13.9. The maximum Gasteiger partial charge on any atom is 0.265 e. The molecule has 0 aliphatic rings. The van der Waals surface area contributed by atoms with Gasteiger partial charge in [0.1, 0.15) is 5.75 Å². The lowest BCUT2D eigenvalue weighted by molar-refractivity contribution is -0.126. The largest absolute Gasteiger partial charge is 0.495 e. The van der Waals surface area contributed by atoms with Crippen molar-refractivity contribution in [2.45, 2.75) is 0 Å². The number of oxime groups is 1. The second-order valence-electron chi connectivity index (χ2n) is 7.48. The van der Waals surface area contributed by atoms with Gasteiger partial charge in [-0.15, -0.1) is 0 Å². The lowest BCUT2D eigenvalue weighted by Crippen LogP contribution is -2.35. The number of nitrogens with one attached hydrogen (secondary N) is 3. The molecule has 0 saturated carbocycles. The van der Waals surface area contributed by atoms with Crippen LogP contribution in [0, 0.1) is 5.92 Å². The van der Waals surface area contributed by atoms with Gasteiger partial charge in [0, 0.05) is 10.0 Å². The minimum Gasteiger partial charge on any atom is -0.495 e. The molecule has 3 rings (SSSR count). The zero-order valence-corrected chi connectivity index (χ0v) is 22.7. The van der Waals surface area contributed by atoms with Crippen LogP contribution in [0.2, 0.25) is 20.1 Å². The lowest BCUT2D eigenvalue weighted by atomic mass is 10.1. The van der Waals surface area contributed by atoms with E-state index in [4.69, 9.17) is 56.0 Å². The number of rotatable bonds is 10. The molecule has 3 aromatic rings. The summed E-state index contributed by atoms with van der Waals surface area (Å²) in [6.07, 6.45) is 0.939. The number of para-hydroxylation sites is 2. The Labute approximate surface area is 238 Å². The van der Waals surface area contributed by atoms with Gasteiger partial charge in [-0.2, -0.15) is 0 Å². The molecule has 0 fully saturated rings. The van der Waals surface area contributed by atoms with Crippen molar-refractivity contribution in [1.29, 1.82) is 0 Å². The number of nitrogens with zero attached hydrogens (tertiary/aromatic N) is 1. The third kappa shape index (κ3) is 8.26. The molecule has 0 aliphatic carbocycles. The van der Waals surface area contributed by atoms with Crippen molar-refractivity contribution in [3.8, 4) is 5.75 Å². The van der Waals surface area contributed by atoms with E-state index in [1.807, 2.05) is 0 Å². The highest BCUT2D eigenvalue weighted by Crippen LogP contribution is 2.28. The topological polar surface area (TPSA) is 118 Å². The fourth-order valence-electron chi connectivity index (χ4n) is 2.99. The lowest BCUT2D eigenvalue weighted by Gasteiger charge is -2.15. The van der Waals surface area contributed by atoms with Crippen LogP contribution in [0.4, 0.5) is 17.1 Å². The summed E-state index contributed by atoms with van der Waals surface area (Å²) in [6.45, 7) is -0.503. The van der Waals surface area contributed by atoms with Crippen LogP contribution in [0.15, 0.2) is 65.8 Å². The summed E-state index contributed by atoms with van der Waals surface area (Å²) < 4.78 is 5.18. The number of carbonyl (C=O) groups is 3. The first-order valence-electron chi connectivity index (χ1n) is 10.8. The van der Waals surface area contributed by atoms with Crippen LogP contribution in [-0.4, -0.2) is 37.7 Å². The smallest absolute Gasteiger partial charge is 0.265 e. The van der Waals surface area contributed by atoms with Crippen LogP contribution in [0.25, 0.3) is 0 Å². The molecule has 0 aromatic heterocycles. The Balaban J connectivity index is 1.71. The summed E-state index contributed by atoms with van der Waals surface area (Å²) in [6, 6.07) is 15.6. The van der Waals surface area contributed by atoms with E-state index in [1.54, 1.807) is 24.3 Å². The number of ether oxygens (including phenoxy) is 1. The maximum atomic E-state index is 13.0. The zero-order chi connectivity index (χ0) is 27.7. The Bertz CT molecular complexity index is 1300. The van der Waals surface area contributed by atoms with Crippen LogP contribution in [0.3, 0.4) is 0 Å². The van der Waals surface area contributed by atoms with E-state index >= 15 is 0 Å². The molecule has 0 bridgehead atoms. The Kier molecular flexibility index (Phi) is 10.6. The van der Waals surface area contributed by atoms with E-state index in [9.17, 15) is 14.4 Å². The number of anilines is 3. The Morgan fingerprint density at radius 3 is 1.89 bits per heavy atom. The average Bonchev–Trinajstić information content (AvgIpc) is 2.87. The quantitative estimate of drug-likeness (QED) is 0.147. The molecule has 0 spiro atoms. The van der Waals surface area contributed by atoms with E-state index in [-0.39, 0.29) is 21.4 Å². The van der Waals surface area contributed by atoms with Crippen LogP contribution in [0.5, 0.6) is 5.75 Å². The van der Waals surface area contributed by atoms with Crippen molar-refractivity contribution in [2.24, 2.45) is 11.1 Å². The van der Waals surface area contributed by atoms with Gasteiger partial charge in [-0.05, 0) is 48.5 Å². The molecular weight excluding hydrogens is 578 g/mol.